The first kappa shape index (κ1) is 14.8. The summed E-state index contributed by atoms with van der Waals surface area (Å²) in [4.78, 5) is 14.9. The second kappa shape index (κ2) is 7.25. The third-order valence-corrected chi connectivity index (χ3v) is 4.77. The maximum atomic E-state index is 12.0. The second-order valence-corrected chi connectivity index (χ2v) is 6.30. The molecule has 0 fully saturated rings. The zero-order valence-electron chi connectivity index (χ0n) is 11.2. The van der Waals surface area contributed by atoms with Crippen molar-refractivity contribution in [1.82, 2.24) is 5.32 Å². The van der Waals surface area contributed by atoms with Gasteiger partial charge in [-0.05, 0) is 36.4 Å². The van der Waals surface area contributed by atoms with Crippen LogP contribution >= 0.6 is 22.7 Å². The number of hydrogen-bond donors (Lipinski definition) is 2. The molecule has 0 saturated heterocycles. The van der Waals surface area contributed by atoms with E-state index in [2.05, 4.69) is 23.2 Å². The Balaban J connectivity index is 1.92. The van der Waals surface area contributed by atoms with Gasteiger partial charge in [-0.25, -0.2) is 0 Å². The van der Waals surface area contributed by atoms with Gasteiger partial charge in [0.2, 0.25) is 0 Å². The first-order valence-electron chi connectivity index (χ1n) is 6.30. The largest absolute Gasteiger partial charge is 0.351 e. The van der Waals surface area contributed by atoms with Crippen LogP contribution in [0, 0.1) is 18.8 Å². The van der Waals surface area contributed by atoms with Gasteiger partial charge in [-0.3, -0.25) is 4.79 Å². The van der Waals surface area contributed by atoms with Crippen LogP contribution in [0.15, 0.2) is 23.6 Å². The maximum Gasteiger partial charge on any atom is 0.261 e. The Kier molecular flexibility index (Phi) is 5.36. The lowest BCUT2D eigenvalue weighted by atomic mass is 10.2. The van der Waals surface area contributed by atoms with Crippen molar-refractivity contribution in [3.8, 4) is 11.8 Å². The van der Waals surface area contributed by atoms with Crippen molar-refractivity contribution in [1.29, 1.82) is 0 Å². The molecular formula is C15H16N2OS2. The van der Waals surface area contributed by atoms with Crippen molar-refractivity contribution in [3.63, 3.8) is 0 Å². The minimum atomic E-state index is -0.0320. The van der Waals surface area contributed by atoms with E-state index in [4.69, 9.17) is 5.73 Å². The standard InChI is InChI=1S/C15H16N2OS2/c1-11-10-14(20-13(11)5-2-7-16)15(18)17-8-6-12-4-3-9-19-12/h3-4,9-10H,6-8,16H2,1H3,(H,17,18). The molecule has 2 aromatic heterocycles. The molecule has 0 aliphatic rings. The number of nitrogens with one attached hydrogen (secondary N) is 1. The Morgan fingerprint density at radius 3 is 3.05 bits per heavy atom. The highest BCUT2D eigenvalue weighted by atomic mass is 32.1. The molecule has 0 spiro atoms. The fraction of sp³-hybridized carbons (Fsp3) is 0.267. The van der Waals surface area contributed by atoms with E-state index in [9.17, 15) is 4.79 Å². The molecule has 2 rings (SSSR count). The molecule has 0 radical (unpaired) electrons. The van der Waals surface area contributed by atoms with Crippen molar-refractivity contribution in [3.05, 3.63) is 43.8 Å². The molecule has 20 heavy (non-hydrogen) atoms. The number of amides is 1. The monoisotopic (exact) mass is 304 g/mol. The van der Waals surface area contributed by atoms with Crippen molar-refractivity contribution in [2.24, 2.45) is 5.73 Å². The Morgan fingerprint density at radius 1 is 1.50 bits per heavy atom. The van der Waals surface area contributed by atoms with Gasteiger partial charge in [0, 0.05) is 11.4 Å². The topological polar surface area (TPSA) is 55.1 Å². The summed E-state index contributed by atoms with van der Waals surface area (Å²) in [6.07, 6.45) is 0.869. The number of carbonyl (C=O) groups excluding carboxylic acids is 1. The van der Waals surface area contributed by atoms with Crippen molar-refractivity contribution >= 4 is 28.6 Å². The van der Waals surface area contributed by atoms with E-state index >= 15 is 0 Å². The number of nitrogens with two attached hydrogens (primary N) is 1. The SMILES string of the molecule is Cc1cc(C(=O)NCCc2cccs2)sc1C#CCN. The minimum absolute atomic E-state index is 0.0320. The van der Waals surface area contributed by atoms with E-state index in [1.54, 1.807) is 11.3 Å². The molecular weight excluding hydrogens is 288 g/mol. The van der Waals surface area contributed by atoms with Crippen LogP contribution in [0.5, 0.6) is 0 Å². The number of aryl methyl sites for hydroxylation is 1. The van der Waals surface area contributed by atoms with E-state index in [-0.39, 0.29) is 5.91 Å². The molecule has 0 aliphatic heterocycles. The molecule has 0 aromatic carbocycles. The number of carbonyl (C=O) groups is 1. The molecule has 0 aliphatic carbocycles. The lowest BCUT2D eigenvalue weighted by Crippen LogP contribution is -2.24. The summed E-state index contributed by atoms with van der Waals surface area (Å²) < 4.78 is 0. The number of hydrogen-bond acceptors (Lipinski definition) is 4. The summed E-state index contributed by atoms with van der Waals surface area (Å²) in [6.45, 7) is 2.94. The quantitative estimate of drug-likeness (QED) is 0.852. The first-order valence-corrected chi connectivity index (χ1v) is 8.00. The van der Waals surface area contributed by atoms with Crippen molar-refractivity contribution in [2.75, 3.05) is 13.1 Å². The summed E-state index contributed by atoms with van der Waals surface area (Å²) in [5.74, 6) is 5.78. The molecule has 2 aromatic rings. The number of thiophene rings is 2. The second-order valence-electron chi connectivity index (χ2n) is 4.21. The Bertz CT molecular complexity index is 633. The van der Waals surface area contributed by atoms with Crippen LogP contribution in [0.25, 0.3) is 0 Å². The van der Waals surface area contributed by atoms with Crippen LogP contribution in [0.3, 0.4) is 0 Å². The van der Waals surface area contributed by atoms with Gasteiger partial charge in [0.15, 0.2) is 0 Å². The highest BCUT2D eigenvalue weighted by molar-refractivity contribution is 7.14. The van der Waals surface area contributed by atoms with Gasteiger partial charge in [0.1, 0.15) is 0 Å². The maximum absolute atomic E-state index is 12.0. The Hall–Kier alpha value is -1.61. The molecule has 1 amide bonds. The third-order valence-electron chi connectivity index (χ3n) is 2.68. The van der Waals surface area contributed by atoms with Gasteiger partial charge in [-0.2, -0.15) is 0 Å². The van der Waals surface area contributed by atoms with Crippen molar-refractivity contribution in [2.45, 2.75) is 13.3 Å². The molecule has 104 valence electrons. The Morgan fingerprint density at radius 2 is 2.35 bits per heavy atom. The van der Waals surface area contributed by atoms with E-state index in [0.29, 0.717) is 18.0 Å². The normalized spacial score (nSPS) is 9.90. The van der Waals surface area contributed by atoms with Gasteiger partial charge >= 0.3 is 0 Å². The van der Waals surface area contributed by atoms with Crippen LogP contribution < -0.4 is 11.1 Å². The van der Waals surface area contributed by atoms with Crippen LogP contribution in [0.1, 0.15) is 25.0 Å². The molecule has 2 heterocycles. The van der Waals surface area contributed by atoms with Crippen LogP contribution in [-0.4, -0.2) is 19.0 Å². The average Bonchev–Trinajstić information content (AvgIpc) is 3.06. The van der Waals surface area contributed by atoms with Gasteiger partial charge < -0.3 is 11.1 Å². The summed E-state index contributed by atoms with van der Waals surface area (Å²) in [5, 5.41) is 4.98. The predicted molar refractivity (Wildman–Crippen MR) is 85.3 cm³/mol. The zero-order valence-corrected chi connectivity index (χ0v) is 12.9. The molecule has 0 bridgehead atoms. The predicted octanol–water partition coefficient (Wildman–Crippen LogP) is 2.40. The highest BCUT2D eigenvalue weighted by Gasteiger charge is 2.11. The first-order chi connectivity index (χ1) is 9.70. The van der Waals surface area contributed by atoms with Crippen LogP contribution in [-0.2, 0) is 6.42 Å². The fourth-order valence-electron chi connectivity index (χ4n) is 1.69. The minimum Gasteiger partial charge on any atom is -0.351 e. The Labute approximate surface area is 126 Å². The molecule has 0 unspecified atom stereocenters. The molecule has 3 N–H and O–H groups in total. The lowest BCUT2D eigenvalue weighted by Gasteiger charge is -2.01. The lowest BCUT2D eigenvalue weighted by molar-refractivity contribution is 0.0958. The van der Waals surface area contributed by atoms with Gasteiger partial charge in [-0.15, -0.1) is 22.7 Å². The summed E-state index contributed by atoms with van der Waals surface area (Å²) in [7, 11) is 0. The third kappa shape index (κ3) is 3.94. The van der Waals surface area contributed by atoms with Gasteiger partial charge in [0.05, 0.1) is 16.3 Å². The smallest absolute Gasteiger partial charge is 0.261 e. The number of rotatable bonds is 4. The fourth-order valence-corrected chi connectivity index (χ4v) is 3.36. The zero-order chi connectivity index (χ0) is 14.4. The van der Waals surface area contributed by atoms with Gasteiger partial charge in [0.25, 0.3) is 5.91 Å². The van der Waals surface area contributed by atoms with Crippen LogP contribution in [0.4, 0.5) is 0 Å². The summed E-state index contributed by atoms with van der Waals surface area (Å²) in [6, 6.07) is 5.98. The highest BCUT2D eigenvalue weighted by Crippen LogP contribution is 2.20. The summed E-state index contributed by atoms with van der Waals surface area (Å²) >= 11 is 3.12. The van der Waals surface area contributed by atoms with Gasteiger partial charge in [-0.1, -0.05) is 17.9 Å². The molecule has 5 heteroatoms. The van der Waals surface area contributed by atoms with E-state index in [1.807, 2.05) is 24.4 Å². The molecule has 0 atom stereocenters. The van der Waals surface area contributed by atoms with E-state index in [0.717, 1.165) is 16.9 Å². The summed E-state index contributed by atoms with van der Waals surface area (Å²) in [5.41, 5.74) is 6.39. The molecule has 3 nitrogen and oxygen atoms in total. The van der Waals surface area contributed by atoms with Crippen molar-refractivity contribution < 1.29 is 4.79 Å². The van der Waals surface area contributed by atoms with Crippen LogP contribution in [0.2, 0.25) is 0 Å². The van der Waals surface area contributed by atoms with E-state index in [1.165, 1.54) is 16.2 Å². The molecule has 0 saturated carbocycles. The average molecular weight is 304 g/mol. The van der Waals surface area contributed by atoms with E-state index < -0.39 is 0 Å².